The monoisotopic (exact) mass is 325 g/mol. The van der Waals surface area contributed by atoms with E-state index in [1.54, 1.807) is 17.5 Å². The first-order valence-electron chi connectivity index (χ1n) is 5.19. The summed E-state index contributed by atoms with van der Waals surface area (Å²) in [5, 5.41) is 2.00. The van der Waals surface area contributed by atoms with Crippen LogP contribution in [0.2, 0.25) is 0 Å². The van der Waals surface area contributed by atoms with E-state index in [-0.39, 0.29) is 32.7 Å². The molecular formula is C14H8N2SY-2. The molecule has 3 aromatic heterocycles. The Morgan fingerprint density at radius 1 is 1.06 bits per heavy atom. The van der Waals surface area contributed by atoms with E-state index >= 15 is 0 Å². The molecule has 0 spiro atoms. The van der Waals surface area contributed by atoms with Gasteiger partial charge in [0.1, 0.15) is 0 Å². The molecule has 0 amide bonds. The zero-order valence-corrected chi connectivity index (χ0v) is 13.2. The van der Waals surface area contributed by atoms with Gasteiger partial charge in [0.25, 0.3) is 0 Å². The van der Waals surface area contributed by atoms with Crippen LogP contribution in [0.3, 0.4) is 0 Å². The molecule has 3 rings (SSSR count). The number of hydrogen-bond acceptors (Lipinski definition) is 3. The Hall–Kier alpha value is -0.896. The van der Waals surface area contributed by atoms with Crippen molar-refractivity contribution in [2.24, 2.45) is 0 Å². The largest absolute Gasteiger partial charge is 0.364 e. The van der Waals surface area contributed by atoms with Gasteiger partial charge in [-0.3, -0.25) is 16.3 Å². The average Bonchev–Trinajstić information content (AvgIpc) is 2.94. The van der Waals surface area contributed by atoms with E-state index in [2.05, 4.69) is 22.2 Å². The van der Waals surface area contributed by atoms with Gasteiger partial charge in [-0.2, -0.15) is 17.0 Å². The summed E-state index contributed by atoms with van der Waals surface area (Å²) >= 11 is 1.64. The van der Waals surface area contributed by atoms with Gasteiger partial charge in [-0.05, 0) is 12.1 Å². The number of hydrogen-bond donors (Lipinski definition) is 0. The van der Waals surface area contributed by atoms with Crippen LogP contribution in [-0.4, -0.2) is 9.97 Å². The standard InChI is InChI=1S/C14H8N2S.Y/c1-2-8-15-12(4-1)13-7-6-11(10-16-13)14-5-3-9-17-14;/h1-4,6-9H;/q-2;. The summed E-state index contributed by atoms with van der Waals surface area (Å²) in [7, 11) is 0. The van der Waals surface area contributed by atoms with Crippen molar-refractivity contribution in [1.29, 1.82) is 0 Å². The summed E-state index contributed by atoms with van der Waals surface area (Å²) in [5.41, 5.74) is 2.68. The second-order valence-electron chi connectivity index (χ2n) is 3.46. The maximum atomic E-state index is 4.30. The van der Waals surface area contributed by atoms with E-state index in [1.165, 1.54) is 0 Å². The van der Waals surface area contributed by atoms with Crippen molar-refractivity contribution in [2.45, 2.75) is 0 Å². The Kier molecular flexibility index (Phi) is 4.75. The van der Waals surface area contributed by atoms with Gasteiger partial charge in [0.2, 0.25) is 0 Å². The van der Waals surface area contributed by atoms with Crippen LogP contribution in [0.5, 0.6) is 0 Å². The van der Waals surface area contributed by atoms with E-state index in [0.29, 0.717) is 0 Å². The van der Waals surface area contributed by atoms with Crippen LogP contribution in [0.25, 0.3) is 21.8 Å². The van der Waals surface area contributed by atoms with Gasteiger partial charge in [0.05, 0.1) is 0 Å². The summed E-state index contributed by atoms with van der Waals surface area (Å²) in [6.45, 7) is 0. The molecule has 0 bridgehead atoms. The van der Waals surface area contributed by atoms with Crippen molar-refractivity contribution in [1.82, 2.24) is 9.97 Å². The third-order valence-corrected chi connectivity index (χ3v) is 3.19. The molecule has 0 N–H and O–H groups in total. The van der Waals surface area contributed by atoms with E-state index in [1.807, 2.05) is 41.8 Å². The smallest absolute Gasteiger partial charge is 0.0465 e. The van der Waals surface area contributed by atoms with Gasteiger partial charge in [-0.15, -0.1) is 17.6 Å². The van der Waals surface area contributed by atoms with Crippen molar-refractivity contribution < 1.29 is 32.7 Å². The van der Waals surface area contributed by atoms with E-state index in [9.17, 15) is 0 Å². The Balaban J connectivity index is 0.00000120. The molecule has 0 unspecified atom stereocenters. The fourth-order valence-electron chi connectivity index (χ4n) is 1.53. The SMILES string of the molecule is [Y].[c-]1nc(-c2ccccn2)ccc1-c1[c-]ccs1. The molecule has 0 aliphatic rings. The first-order valence-corrected chi connectivity index (χ1v) is 6.07. The maximum absolute atomic E-state index is 4.30. The average molecular weight is 325 g/mol. The molecule has 0 fully saturated rings. The van der Waals surface area contributed by atoms with Crippen LogP contribution in [0.15, 0.2) is 48.0 Å². The molecule has 0 saturated carbocycles. The van der Waals surface area contributed by atoms with Crippen molar-refractivity contribution in [2.75, 3.05) is 0 Å². The molecule has 0 aliphatic heterocycles. The fourth-order valence-corrected chi connectivity index (χ4v) is 2.18. The summed E-state index contributed by atoms with van der Waals surface area (Å²) in [4.78, 5) is 9.62. The quantitative estimate of drug-likeness (QED) is 0.674. The molecule has 2 nitrogen and oxygen atoms in total. The summed E-state index contributed by atoms with van der Waals surface area (Å²) in [6, 6.07) is 14.8. The number of thiophene rings is 1. The van der Waals surface area contributed by atoms with E-state index in [0.717, 1.165) is 21.8 Å². The van der Waals surface area contributed by atoms with E-state index in [4.69, 9.17) is 0 Å². The van der Waals surface area contributed by atoms with Crippen molar-refractivity contribution in [3.8, 4) is 21.8 Å². The molecule has 1 radical (unpaired) electrons. The molecule has 3 aromatic rings. The second-order valence-corrected chi connectivity index (χ2v) is 4.38. The van der Waals surface area contributed by atoms with Gasteiger partial charge >= 0.3 is 0 Å². The molecule has 4 heteroatoms. The number of rotatable bonds is 2. The molecule has 0 aliphatic carbocycles. The van der Waals surface area contributed by atoms with Crippen LogP contribution >= 0.6 is 11.3 Å². The minimum atomic E-state index is 0. The van der Waals surface area contributed by atoms with Gasteiger partial charge < -0.3 is 4.98 Å². The zero-order chi connectivity index (χ0) is 11.5. The van der Waals surface area contributed by atoms with Crippen LogP contribution in [0, 0.1) is 12.3 Å². The van der Waals surface area contributed by atoms with Gasteiger partial charge in [0.15, 0.2) is 0 Å². The Morgan fingerprint density at radius 2 is 2.00 bits per heavy atom. The Morgan fingerprint density at radius 3 is 2.61 bits per heavy atom. The minimum absolute atomic E-state index is 0. The van der Waals surface area contributed by atoms with Crippen molar-refractivity contribution in [3.63, 3.8) is 0 Å². The topological polar surface area (TPSA) is 25.8 Å². The molecule has 0 saturated heterocycles. The summed E-state index contributed by atoms with van der Waals surface area (Å²) < 4.78 is 0. The van der Waals surface area contributed by atoms with Crippen LogP contribution < -0.4 is 0 Å². The molecule has 3 heterocycles. The second kappa shape index (κ2) is 6.32. The van der Waals surface area contributed by atoms with Crippen LogP contribution in [0.4, 0.5) is 0 Å². The Labute approximate surface area is 135 Å². The minimum Gasteiger partial charge on any atom is -0.364 e. The predicted molar refractivity (Wildman–Crippen MR) is 68.5 cm³/mol. The van der Waals surface area contributed by atoms with Crippen LogP contribution in [0.1, 0.15) is 0 Å². The summed E-state index contributed by atoms with van der Waals surface area (Å²) in [5.74, 6) is 0. The third kappa shape index (κ3) is 2.92. The first-order chi connectivity index (χ1) is 8.43. The van der Waals surface area contributed by atoms with Gasteiger partial charge in [-0.25, -0.2) is 11.6 Å². The normalized spacial score (nSPS) is 9.78. The zero-order valence-electron chi connectivity index (χ0n) is 9.50. The van der Waals surface area contributed by atoms with Crippen molar-refractivity contribution in [3.05, 3.63) is 60.2 Å². The Bertz CT molecular complexity index is 592. The molecule has 85 valence electrons. The number of nitrogens with zero attached hydrogens (tertiary/aromatic N) is 2. The van der Waals surface area contributed by atoms with E-state index < -0.39 is 0 Å². The predicted octanol–water partition coefficient (Wildman–Crippen LogP) is 3.47. The summed E-state index contributed by atoms with van der Waals surface area (Å²) in [6.07, 6.45) is 4.79. The third-order valence-electron chi connectivity index (χ3n) is 2.34. The molecule has 0 aromatic carbocycles. The first kappa shape index (κ1) is 13.5. The van der Waals surface area contributed by atoms with Crippen molar-refractivity contribution >= 4 is 11.3 Å². The maximum Gasteiger partial charge on any atom is 0.0465 e. The number of pyridine rings is 2. The van der Waals surface area contributed by atoms with Gasteiger partial charge in [0, 0.05) is 50.3 Å². The molecule has 18 heavy (non-hydrogen) atoms. The molecule has 0 atom stereocenters. The number of aromatic nitrogens is 2. The fraction of sp³-hybridized carbons (Fsp3) is 0. The molecular weight excluding hydrogens is 317 g/mol. The van der Waals surface area contributed by atoms with Crippen LogP contribution in [-0.2, 0) is 32.7 Å². The van der Waals surface area contributed by atoms with Gasteiger partial charge in [-0.1, -0.05) is 6.07 Å².